The number of ether oxygens (including phenoxy) is 1. The number of hydrogen-bond acceptors (Lipinski definition) is 3. The Morgan fingerprint density at radius 3 is 2.50 bits per heavy atom. The van der Waals surface area contributed by atoms with Crippen LogP contribution < -0.4 is 0 Å². The Hall–Kier alpha value is -0.570. The van der Waals surface area contributed by atoms with Crippen LogP contribution in [0.4, 0.5) is 0 Å². The summed E-state index contributed by atoms with van der Waals surface area (Å²) in [6.07, 6.45) is 1.19. The monoisotopic (exact) mass is 227 g/mol. The van der Waals surface area contributed by atoms with Crippen LogP contribution in [0.5, 0.6) is 0 Å². The number of nitrogens with zero attached hydrogens (tertiary/aromatic N) is 1. The Labute approximate surface area is 99.1 Å². The topological polar surface area (TPSA) is 29.5 Å². The van der Waals surface area contributed by atoms with Gasteiger partial charge in [0.15, 0.2) is 0 Å². The van der Waals surface area contributed by atoms with Crippen LogP contribution in [-0.4, -0.2) is 36.6 Å². The quantitative estimate of drug-likeness (QED) is 0.693. The van der Waals surface area contributed by atoms with E-state index in [1.165, 1.54) is 6.42 Å². The van der Waals surface area contributed by atoms with Crippen molar-refractivity contribution in [3.63, 3.8) is 0 Å². The Morgan fingerprint density at radius 1 is 1.44 bits per heavy atom. The van der Waals surface area contributed by atoms with Gasteiger partial charge in [-0.25, -0.2) is 0 Å². The second-order valence-electron chi connectivity index (χ2n) is 6.13. The maximum absolute atomic E-state index is 11.5. The molecule has 1 aliphatic rings. The van der Waals surface area contributed by atoms with Gasteiger partial charge in [0.25, 0.3) is 0 Å². The molecule has 16 heavy (non-hydrogen) atoms. The average Bonchev–Trinajstić information content (AvgIpc) is 2.49. The minimum Gasteiger partial charge on any atom is -0.462 e. The number of rotatable bonds is 3. The normalized spacial score (nSPS) is 22.8. The maximum atomic E-state index is 11.5. The molecule has 1 rings (SSSR count). The molecule has 3 nitrogen and oxygen atoms in total. The van der Waals surface area contributed by atoms with Crippen molar-refractivity contribution < 1.29 is 9.53 Å². The van der Waals surface area contributed by atoms with Gasteiger partial charge in [0.05, 0.1) is 12.6 Å². The summed E-state index contributed by atoms with van der Waals surface area (Å²) < 4.78 is 5.15. The summed E-state index contributed by atoms with van der Waals surface area (Å²) in [5.41, 5.74) is 0.344. The molecule has 1 fully saturated rings. The lowest BCUT2D eigenvalue weighted by Gasteiger charge is -2.27. The largest absolute Gasteiger partial charge is 0.462 e. The molecule has 3 heteroatoms. The SMILES string of the molecule is CC(C)OC(=O)CN1CCC(C(C)(C)C)C1. The summed E-state index contributed by atoms with van der Waals surface area (Å²) in [7, 11) is 0. The lowest BCUT2D eigenvalue weighted by atomic mass is 9.80. The highest BCUT2D eigenvalue weighted by Gasteiger charge is 2.32. The standard InChI is InChI=1S/C13H25NO2/c1-10(2)16-12(15)9-14-7-6-11(8-14)13(3,4)5/h10-11H,6-9H2,1-5H3. The Bertz CT molecular complexity index is 243. The van der Waals surface area contributed by atoms with E-state index in [2.05, 4.69) is 25.7 Å². The predicted octanol–water partition coefficient (Wildman–Crippen LogP) is 2.31. The number of carbonyl (C=O) groups excluding carboxylic acids is 1. The van der Waals surface area contributed by atoms with E-state index in [0.29, 0.717) is 17.9 Å². The van der Waals surface area contributed by atoms with Crippen LogP contribution in [0.25, 0.3) is 0 Å². The molecule has 0 aromatic rings. The summed E-state index contributed by atoms with van der Waals surface area (Å²) in [6, 6.07) is 0. The average molecular weight is 227 g/mol. The molecule has 1 atom stereocenters. The van der Waals surface area contributed by atoms with Crippen LogP contribution in [-0.2, 0) is 9.53 Å². The van der Waals surface area contributed by atoms with Crippen LogP contribution in [0.1, 0.15) is 41.0 Å². The highest BCUT2D eigenvalue weighted by Crippen LogP contribution is 2.33. The fraction of sp³-hybridized carbons (Fsp3) is 0.923. The van der Waals surface area contributed by atoms with Gasteiger partial charge >= 0.3 is 5.97 Å². The highest BCUT2D eigenvalue weighted by molar-refractivity contribution is 5.71. The first-order valence-corrected chi connectivity index (χ1v) is 6.21. The first-order valence-electron chi connectivity index (χ1n) is 6.21. The summed E-state index contributed by atoms with van der Waals surface area (Å²) in [4.78, 5) is 13.7. The first kappa shape index (κ1) is 13.5. The van der Waals surface area contributed by atoms with Crippen molar-refractivity contribution >= 4 is 5.97 Å². The lowest BCUT2D eigenvalue weighted by Crippen LogP contribution is -2.32. The second kappa shape index (κ2) is 5.17. The van der Waals surface area contributed by atoms with E-state index >= 15 is 0 Å². The third-order valence-corrected chi connectivity index (χ3v) is 3.22. The predicted molar refractivity (Wildman–Crippen MR) is 65.2 cm³/mol. The summed E-state index contributed by atoms with van der Waals surface area (Å²) in [5.74, 6) is 0.601. The van der Waals surface area contributed by atoms with Crippen LogP contribution in [0.3, 0.4) is 0 Å². The van der Waals surface area contributed by atoms with Gasteiger partial charge in [0.2, 0.25) is 0 Å². The zero-order chi connectivity index (χ0) is 12.3. The van der Waals surface area contributed by atoms with E-state index in [9.17, 15) is 4.79 Å². The molecule has 0 N–H and O–H groups in total. The van der Waals surface area contributed by atoms with Gasteiger partial charge in [-0.3, -0.25) is 9.69 Å². The third-order valence-electron chi connectivity index (χ3n) is 3.22. The minimum absolute atomic E-state index is 0.00600. The fourth-order valence-corrected chi connectivity index (χ4v) is 2.17. The molecule has 0 radical (unpaired) electrons. The van der Waals surface area contributed by atoms with Gasteiger partial charge in [0, 0.05) is 6.54 Å². The summed E-state index contributed by atoms with van der Waals surface area (Å²) >= 11 is 0. The highest BCUT2D eigenvalue weighted by atomic mass is 16.5. The fourth-order valence-electron chi connectivity index (χ4n) is 2.17. The molecule has 0 spiro atoms. The molecule has 0 aromatic heterocycles. The number of hydrogen-bond donors (Lipinski definition) is 0. The van der Waals surface area contributed by atoms with Gasteiger partial charge in [0.1, 0.15) is 0 Å². The smallest absolute Gasteiger partial charge is 0.320 e. The van der Waals surface area contributed by atoms with Gasteiger partial charge in [-0.2, -0.15) is 0 Å². The molecular weight excluding hydrogens is 202 g/mol. The molecule has 0 aliphatic carbocycles. The van der Waals surface area contributed by atoms with Crippen molar-refractivity contribution in [1.29, 1.82) is 0 Å². The number of esters is 1. The van der Waals surface area contributed by atoms with Crippen molar-refractivity contribution in [3.05, 3.63) is 0 Å². The summed E-state index contributed by atoms with van der Waals surface area (Å²) in [6.45, 7) is 13.1. The zero-order valence-electron chi connectivity index (χ0n) is 11.2. The first-order chi connectivity index (χ1) is 7.29. The van der Waals surface area contributed by atoms with Crippen LogP contribution in [0.15, 0.2) is 0 Å². The Morgan fingerprint density at radius 2 is 2.06 bits per heavy atom. The van der Waals surface area contributed by atoms with Crippen LogP contribution in [0.2, 0.25) is 0 Å². The maximum Gasteiger partial charge on any atom is 0.320 e. The zero-order valence-corrected chi connectivity index (χ0v) is 11.2. The van der Waals surface area contributed by atoms with Gasteiger partial charge in [-0.05, 0) is 38.1 Å². The van der Waals surface area contributed by atoms with Gasteiger partial charge in [-0.1, -0.05) is 20.8 Å². The molecule has 1 unspecified atom stereocenters. The molecule has 1 heterocycles. The van der Waals surface area contributed by atoms with Crippen molar-refractivity contribution in [2.75, 3.05) is 19.6 Å². The molecule has 0 saturated carbocycles. The van der Waals surface area contributed by atoms with Crippen molar-refractivity contribution in [2.45, 2.75) is 47.1 Å². The van der Waals surface area contributed by atoms with E-state index in [1.54, 1.807) is 0 Å². The molecule has 0 aromatic carbocycles. The van der Waals surface area contributed by atoms with Gasteiger partial charge < -0.3 is 4.74 Å². The van der Waals surface area contributed by atoms with Crippen molar-refractivity contribution in [1.82, 2.24) is 4.90 Å². The Kier molecular flexibility index (Phi) is 4.36. The molecule has 0 amide bonds. The van der Waals surface area contributed by atoms with E-state index < -0.39 is 0 Å². The second-order valence-corrected chi connectivity index (χ2v) is 6.13. The van der Waals surface area contributed by atoms with E-state index in [-0.39, 0.29) is 12.1 Å². The van der Waals surface area contributed by atoms with E-state index in [1.807, 2.05) is 13.8 Å². The number of likely N-dealkylation sites (tertiary alicyclic amines) is 1. The molecule has 1 aliphatic heterocycles. The van der Waals surface area contributed by atoms with Crippen LogP contribution in [0, 0.1) is 11.3 Å². The van der Waals surface area contributed by atoms with E-state index in [0.717, 1.165) is 13.1 Å². The van der Waals surface area contributed by atoms with Gasteiger partial charge in [-0.15, -0.1) is 0 Å². The molecule has 1 saturated heterocycles. The lowest BCUT2D eigenvalue weighted by molar-refractivity contribution is -0.148. The van der Waals surface area contributed by atoms with E-state index in [4.69, 9.17) is 4.74 Å². The Balaban J connectivity index is 2.34. The minimum atomic E-state index is -0.0930. The van der Waals surface area contributed by atoms with Crippen LogP contribution >= 0.6 is 0 Å². The molecular formula is C13H25NO2. The van der Waals surface area contributed by atoms with Crippen molar-refractivity contribution in [2.24, 2.45) is 11.3 Å². The summed E-state index contributed by atoms with van der Waals surface area (Å²) in [5, 5.41) is 0. The number of carbonyl (C=O) groups is 1. The van der Waals surface area contributed by atoms with Crippen molar-refractivity contribution in [3.8, 4) is 0 Å². The molecule has 0 bridgehead atoms. The molecule has 94 valence electrons. The third kappa shape index (κ3) is 4.12.